The van der Waals surface area contributed by atoms with Crippen LogP contribution in [0.4, 0.5) is 5.69 Å². The number of hydrogen-bond acceptors (Lipinski definition) is 4. The van der Waals surface area contributed by atoms with E-state index in [2.05, 4.69) is 10.0 Å². The number of nitrogens with one attached hydrogen (secondary N) is 2. The van der Waals surface area contributed by atoms with Crippen LogP contribution in [0.15, 0.2) is 29.2 Å². The molecule has 1 unspecified atom stereocenters. The van der Waals surface area contributed by atoms with Crippen molar-refractivity contribution >= 4 is 21.6 Å². The van der Waals surface area contributed by atoms with E-state index in [1.165, 1.54) is 31.3 Å². The van der Waals surface area contributed by atoms with Crippen LogP contribution in [0.1, 0.15) is 13.3 Å². The second-order valence-electron chi connectivity index (χ2n) is 4.13. The van der Waals surface area contributed by atoms with Crippen molar-refractivity contribution in [3.05, 3.63) is 24.3 Å². The Hall–Kier alpha value is -1.44. The van der Waals surface area contributed by atoms with Crippen LogP contribution in [0.2, 0.25) is 0 Å². The van der Waals surface area contributed by atoms with Gasteiger partial charge in [-0.1, -0.05) is 6.92 Å². The third-order valence-electron chi connectivity index (χ3n) is 2.71. The molecule has 0 radical (unpaired) electrons. The Morgan fingerprint density at radius 3 is 2.37 bits per heavy atom. The summed E-state index contributed by atoms with van der Waals surface area (Å²) >= 11 is 0. The number of rotatable bonds is 6. The molecule has 0 spiro atoms. The molecular formula is C12H18N2O4S. The van der Waals surface area contributed by atoms with E-state index in [-0.39, 0.29) is 23.3 Å². The van der Waals surface area contributed by atoms with Crippen LogP contribution < -0.4 is 10.0 Å². The zero-order valence-corrected chi connectivity index (χ0v) is 11.7. The van der Waals surface area contributed by atoms with Crippen molar-refractivity contribution in [3.8, 4) is 0 Å². The number of carbonyl (C=O) groups is 1. The topological polar surface area (TPSA) is 95.5 Å². The van der Waals surface area contributed by atoms with Gasteiger partial charge in [-0.25, -0.2) is 13.1 Å². The molecule has 0 saturated carbocycles. The fourth-order valence-corrected chi connectivity index (χ4v) is 2.16. The van der Waals surface area contributed by atoms with Gasteiger partial charge >= 0.3 is 0 Å². The second-order valence-corrected chi connectivity index (χ2v) is 6.02. The third-order valence-corrected chi connectivity index (χ3v) is 4.14. The van der Waals surface area contributed by atoms with Crippen molar-refractivity contribution in [1.29, 1.82) is 0 Å². The zero-order chi connectivity index (χ0) is 14.5. The van der Waals surface area contributed by atoms with Gasteiger partial charge in [0.2, 0.25) is 15.9 Å². The Morgan fingerprint density at radius 2 is 1.89 bits per heavy atom. The fourth-order valence-electron chi connectivity index (χ4n) is 1.43. The Morgan fingerprint density at radius 1 is 1.32 bits per heavy atom. The van der Waals surface area contributed by atoms with E-state index >= 15 is 0 Å². The normalized spacial score (nSPS) is 13.0. The van der Waals surface area contributed by atoms with Gasteiger partial charge in [0.1, 0.15) is 0 Å². The highest BCUT2D eigenvalue weighted by Crippen LogP contribution is 2.15. The molecule has 3 N–H and O–H groups in total. The monoisotopic (exact) mass is 286 g/mol. The van der Waals surface area contributed by atoms with Crippen molar-refractivity contribution < 1.29 is 18.3 Å². The molecule has 7 heteroatoms. The molecule has 0 aliphatic heterocycles. The predicted octanol–water partition coefficient (Wildman–Crippen LogP) is 0.552. The quantitative estimate of drug-likeness (QED) is 0.711. The molecular weight excluding hydrogens is 268 g/mol. The molecule has 1 atom stereocenters. The summed E-state index contributed by atoms with van der Waals surface area (Å²) < 4.78 is 25.2. The minimum atomic E-state index is -3.46. The van der Waals surface area contributed by atoms with Gasteiger partial charge in [-0.05, 0) is 37.7 Å². The summed E-state index contributed by atoms with van der Waals surface area (Å²) in [4.78, 5) is 11.8. The summed E-state index contributed by atoms with van der Waals surface area (Å²) in [6, 6.07) is 5.87. The molecule has 0 bridgehead atoms. The van der Waals surface area contributed by atoms with Crippen LogP contribution in [0.3, 0.4) is 0 Å². The number of sulfonamides is 1. The molecule has 106 valence electrons. The van der Waals surface area contributed by atoms with Gasteiger partial charge in [0.15, 0.2) is 0 Å². The summed E-state index contributed by atoms with van der Waals surface area (Å²) in [6.07, 6.45) is 0.387. The molecule has 0 aromatic heterocycles. The first-order valence-corrected chi connectivity index (χ1v) is 7.34. The second kappa shape index (κ2) is 6.65. The van der Waals surface area contributed by atoms with E-state index in [4.69, 9.17) is 5.11 Å². The number of anilines is 1. The lowest BCUT2D eigenvalue weighted by atomic mass is 10.1. The predicted molar refractivity (Wildman–Crippen MR) is 72.2 cm³/mol. The molecule has 0 heterocycles. The zero-order valence-electron chi connectivity index (χ0n) is 10.9. The van der Waals surface area contributed by atoms with Gasteiger partial charge in [-0.3, -0.25) is 4.79 Å². The first-order chi connectivity index (χ1) is 8.90. The smallest absolute Gasteiger partial charge is 0.240 e. The van der Waals surface area contributed by atoms with Gasteiger partial charge in [0, 0.05) is 18.2 Å². The molecule has 1 rings (SSSR count). The maximum atomic E-state index is 11.7. The molecule has 19 heavy (non-hydrogen) atoms. The van der Waals surface area contributed by atoms with E-state index in [1.807, 2.05) is 0 Å². The Kier molecular flexibility index (Phi) is 5.46. The van der Waals surface area contributed by atoms with Gasteiger partial charge < -0.3 is 10.4 Å². The van der Waals surface area contributed by atoms with Crippen molar-refractivity contribution in [2.75, 3.05) is 19.0 Å². The van der Waals surface area contributed by atoms with E-state index in [0.717, 1.165) is 0 Å². The van der Waals surface area contributed by atoms with E-state index in [1.54, 1.807) is 6.92 Å². The molecule has 1 aromatic carbocycles. The molecule has 0 aliphatic carbocycles. The number of carbonyl (C=O) groups excluding carboxylic acids is 1. The summed E-state index contributed by atoms with van der Waals surface area (Å²) in [7, 11) is -2.13. The van der Waals surface area contributed by atoms with Crippen LogP contribution in [-0.4, -0.2) is 33.1 Å². The summed E-state index contributed by atoms with van der Waals surface area (Å²) in [5.41, 5.74) is 0.518. The first kappa shape index (κ1) is 15.6. The summed E-state index contributed by atoms with van der Waals surface area (Å²) in [5.74, 6) is -0.510. The van der Waals surface area contributed by atoms with Crippen molar-refractivity contribution in [1.82, 2.24) is 4.72 Å². The number of aliphatic hydroxyl groups is 1. The highest BCUT2D eigenvalue weighted by atomic mass is 32.2. The Bertz CT molecular complexity index is 525. The SMILES string of the molecule is CNS(=O)(=O)c1ccc(NC(=O)C(C)CCO)cc1. The number of hydrogen-bond donors (Lipinski definition) is 3. The average molecular weight is 286 g/mol. The lowest BCUT2D eigenvalue weighted by molar-refractivity contribution is -0.119. The van der Waals surface area contributed by atoms with Crippen LogP contribution in [0.5, 0.6) is 0 Å². The largest absolute Gasteiger partial charge is 0.396 e. The van der Waals surface area contributed by atoms with Gasteiger partial charge in [-0.2, -0.15) is 0 Å². The maximum Gasteiger partial charge on any atom is 0.240 e. The molecule has 0 fully saturated rings. The number of aliphatic hydroxyl groups excluding tert-OH is 1. The van der Waals surface area contributed by atoms with Gasteiger partial charge in [0.05, 0.1) is 4.90 Å². The van der Waals surface area contributed by atoms with E-state index in [0.29, 0.717) is 12.1 Å². The van der Waals surface area contributed by atoms with Crippen LogP contribution in [-0.2, 0) is 14.8 Å². The Labute approximate surface area is 112 Å². The van der Waals surface area contributed by atoms with Crippen LogP contribution in [0, 0.1) is 5.92 Å². The van der Waals surface area contributed by atoms with Gasteiger partial charge in [-0.15, -0.1) is 0 Å². The highest BCUT2D eigenvalue weighted by molar-refractivity contribution is 7.89. The minimum Gasteiger partial charge on any atom is -0.396 e. The third kappa shape index (κ3) is 4.30. The number of benzene rings is 1. The minimum absolute atomic E-state index is 0.0477. The highest BCUT2D eigenvalue weighted by Gasteiger charge is 2.14. The standard InChI is InChI=1S/C12H18N2O4S/c1-9(7-8-15)12(16)14-10-3-5-11(6-4-10)19(17,18)13-2/h3-6,9,13,15H,7-8H2,1-2H3,(H,14,16). The lowest BCUT2D eigenvalue weighted by Crippen LogP contribution is -2.21. The fraction of sp³-hybridized carbons (Fsp3) is 0.417. The molecule has 0 saturated heterocycles. The lowest BCUT2D eigenvalue weighted by Gasteiger charge is -2.11. The van der Waals surface area contributed by atoms with E-state index in [9.17, 15) is 13.2 Å². The average Bonchev–Trinajstić information content (AvgIpc) is 2.39. The summed E-state index contributed by atoms with van der Waals surface area (Å²) in [5, 5.41) is 11.4. The van der Waals surface area contributed by atoms with Crippen molar-refractivity contribution in [2.24, 2.45) is 5.92 Å². The maximum absolute atomic E-state index is 11.7. The van der Waals surface area contributed by atoms with Crippen molar-refractivity contribution in [2.45, 2.75) is 18.2 Å². The molecule has 6 nitrogen and oxygen atoms in total. The van der Waals surface area contributed by atoms with Crippen LogP contribution in [0.25, 0.3) is 0 Å². The van der Waals surface area contributed by atoms with E-state index < -0.39 is 10.0 Å². The van der Waals surface area contributed by atoms with Crippen LogP contribution >= 0.6 is 0 Å². The first-order valence-electron chi connectivity index (χ1n) is 5.86. The van der Waals surface area contributed by atoms with Crippen molar-refractivity contribution in [3.63, 3.8) is 0 Å². The molecule has 0 aliphatic rings. The molecule has 1 amide bonds. The molecule has 1 aromatic rings. The number of amides is 1. The van der Waals surface area contributed by atoms with Gasteiger partial charge in [0.25, 0.3) is 0 Å². The summed E-state index contributed by atoms with van der Waals surface area (Å²) in [6.45, 7) is 1.67. The Balaban J connectivity index is 2.75.